The third kappa shape index (κ3) is 1.78. The minimum absolute atomic E-state index is 0.103. The summed E-state index contributed by atoms with van der Waals surface area (Å²) in [5.41, 5.74) is 1.74. The van der Waals surface area contributed by atoms with Crippen molar-refractivity contribution in [2.75, 3.05) is 7.11 Å². The largest absolute Gasteiger partial charge is 0.497 e. The predicted octanol–water partition coefficient (Wildman–Crippen LogP) is 2.26. The standard InChI is InChI=1S/C12H14N2O2/c1-7(8(2)15)12-13-10-5-4-9(16-3)6-11(10)14-12/h4-7H,1-3H3,(H,13,14). The number of ether oxygens (including phenoxy) is 1. The predicted molar refractivity (Wildman–Crippen MR) is 61.7 cm³/mol. The molecule has 1 atom stereocenters. The van der Waals surface area contributed by atoms with Crippen LogP contribution < -0.4 is 4.74 Å². The minimum Gasteiger partial charge on any atom is -0.497 e. The maximum absolute atomic E-state index is 11.3. The van der Waals surface area contributed by atoms with Gasteiger partial charge in [-0.2, -0.15) is 0 Å². The van der Waals surface area contributed by atoms with Crippen molar-refractivity contribution in [3.05, 3.63) is 24.0 Å². The summed E-state index contributed by atoms with van der Waals surface area (Å²) in [5, 5.41) is 0. The Morgan fingerprint density at radius 2 is 2.25 bits per heavy atom. The van der Waals surface area contributed by atoms with Crippen molar-refractivity contribution in [2.24, 2.45) is 0 Å². The first kappa shape index (κ1) is 10.7. The van der Waals surface area contributed by atoms with Gasteiger partial charge in [-0.05, 0) is 26.0 Å². The first-order chi connectivity index (χ1) is 7.61. The number of nitrogens with zero attached hydrogens (tertiary/aromatic N) is 1. The molecule has 16 heavy (non-hydrogen) atoms. The summed E-state index contributed by atoms with van der Waals surface area (Å²) in [4.78, 5) is 18.8. The van der Waals surface area contributed by atoms with Gasteiger partial charge in [-0.3, -0.25) is 4.79 Å². The lowest BCUT2D eigenvalue weighted by atomic mass is 10.1. The fraction of sp³-hybridized carbons (Fsp3) is 0.333. The first-order valence-electron chi connectivity index (χ1n) is 5.16. The normalized spacial score (nSPS) is 12.7. The van der Waals surface area contributed by atoms with Crippen LogP contribution in [0.4, 0.5) is 0 Å². The zero-order valence-corrected chi connectivity index (χ0v) is 9.57. The van der Waals surface area contributed by atoms with Gasteiger partial charge in [0, 0.05) is 6.07 Å². The number of imidazole rings is 1. The van der Waals surface area contributed by atoms with E-state index in [2.05, 4.69) is 9.97 Å². The molecule has 0 aliphatic heterocycles. The molecule has 1 aromatic heterocycles. The number of carbonyl (C=O) groups is 1. The van der Waals surface area contributed by atoms with Gasteiger partial charge in [0.15, 0.2) is 0 Å². The van der Waals surface area contributed by atoms with E-state index in [1.54, 1.807) is 14.0 Å². The lowest BCUT2D eigenvalue weighted by Gasteiger charge is -2.01. The van der Waals surface area contributed by atoms with E-state index in [-0.39, 0.29) is 11.7 Å². The van der Waals surface area contributed by atoms with Crippen LogP contribution in [0.5, 0.6) is 5.75 Å². The summed E-state index contributed by atoms with van der Waals surface area (Å²) >= 11 is 0. The maximum Gasteiger partial charge on any atom is 0.140 e. The van der Waals surface area contributed by atoms with Crippen LogP contribution in [0.1, 0.15) is 25.6 Å². The highest BCUT2D eigenvalue weighted by atomic mass is 16.5. The molecular weight excluding hydrogens is 204 g/mol. The Morgan fingerprint density at radius 3 is 2.88 bits per heavy atom. The van der Waals surface area contributed by atoms with E-state index in [9.17, 15) is 4.79 Å². The van der Waals surface area contributed by atoms with Crippen molar-refractivity contribution in [3.8, 4) is 5.75 Å². The van der Waals surface area contributed by atoms with Crippen molar-refractivity contribution in [2.45, 2.75) is 19.8 Å². The molecule has 84 valence electrons. The number of ketones is 1. The topological polar surface area (TPSA) is 55.0 Å². The Bertz CT molecular complexity index is 531. The van der Waals surface area contributed by atoms with Crippen LogP contribution >= 0.6 is 0 Å². The second-order valence-corrected chi connectivity index (χ2v) is 3.84. The average Bonchev–Trinajstić information content (AvgIpc) is 2.69. The molecule has 0 fully saturated rings. The number of H-pyrrole nitrogens is 1. The van der Waals surface area contributed by atoms with E-state index in [4.69, 9.17) is 4.74 Å². The number of fused-ring (bicyclic) bond motifs is 1. The number of aromatic amines is 1. The van der Waals surface area contributed by atoms with Gasteiger partial charge in [0.2, 0.25) is 0 Å². The molecule has 1 heterocycles. The Hall–Kier alpha value is -1.84. The summed E-state index contributed by atoms with van der Waals surface area (Å²) in [7, 11) is 1.62. The van der Waals surface area contributed by atoms with Gasteiger partial charge in [0.1, 0.15) is 17.4 Å². The van der Waals surface area contributed by atoms with Crippen LogP contribution in [0, 0.1) is 0 Å². The Balaban J connectivity index is 2.47. The molecule has 0 aliphatic rings. The van der Waals surface area contributed by atoms with Gasteiger partial charge in [0.25, 0.3) is 0 Å². The molecule has 2 aromatic rings. The first-order valence-corrected chi connectivity index (χ1v) is 5.16. The van der Waals surface area contributed by atoms with Crippen LogP contribution in [-0.4, -0.2) is 22.9 Å². The minimum atomic E-state index is -0.196. The molecule has 1 N–H and O–H groups in total. The molecular formula is C12H14N2O2. The van der Waals surface area contributed by atoms with Crippen molar-refractivity contribution in [1.82, 2.24) is 9.97 Å². The molecule has 0 spiro atoms. The summed E-state index contributed by atoms with van der Waals surface area (Å²) < 4.78 is 5.12. The molecule has 4 nitrogen and oxygen atoms in total. The molecule has 0 saturated heterocycles. The molecule has 0 aliphatic carbocycles. The quantitative estimate of drug-likeness (QED) is 0.859. The molecule has 4 heteroatoms. The molecule has 0 amide bonds. The number of hydrogen-bond donors (Lipinski definition) is 1. The summed E-state index contributed by atoms with van der Waals surface area (Å²) in [6.45, 7) is 3.41. The zero-order chi connectivity index (χ0) is 11.7. The number of rotatable bonds is 3. The van der Waals surface area contributed by atoms with Crippen molar-refractivity contribution in [3.63, 3.8) is 0 Å². The van der Waals surface area contributed by atoms with Crippen LogP contribution in [0.3, 0.4) is 0 Å². The van der Waals surface area contributed by atoms with Gasteiger partial charge < -0.3 is 9.72 Å². The van der Waals surface area contributed by atoms with Crippen molar-refractivity contribution < 1.29 is 9.53 Å². The smallest absolute Gasteiger partial charge is 0.140 e. The zero-order valence-electron chi connectivity index (χ0n) is 9.57. The Kier molecular flexibility index (Phi) is 2.64. The third-order valence-electron chi connectivity index (χ3n) is 2.73. The second kappa shape index (κ2) is 3.96. The highest BCUT2D eigenvalue weighted by Gasteiger charge is 2.14. The number of methoxy groups -OCH3 is 1. The summed E-state index contributed by atoms with van der Waals surface area (Å²) in [6.07, 6.45) is 0. The van der Waals surface area contributed by atoms with E-state index < -0.39 is 0 Å². The third-order valence-corrected chi connectivity index (χ3v) is 2.73. The van der Waals surface area contributed by atoms with Gasteiger partial charge in [0.05, 0.1) is 24.1 Å². The molecule has 0 radical (unpaired) electrons. The van der Waals surface area contributed by atoms with Crippen LogP contribution in [-0.2, 0) is 4.79 Å². The van der Waals surface area contributed by atoms with Gasteiger partial charge >= 0.3 is 0 Å². The number of carbonyl (C=O) groups excluding carboxylic acids is 1. The Morgan fingerprint density at radius 1 is 1.50 bits per heavy atom. The number of aromatic nitrogens is 2. The van der Waals surface area contributed by atoms with Crippen molar-refractivity contribution >= 4 is 16.8 Å². The summed E-state index contributed by atoms with van der Waals surface area (Å²) in [6, 6.07) is 5.60. The average molecular weight is 218 g/mol. The molecule has 0 bridgehead atoms. The van der Waals surface area contributed by atoms with Crippen molar-refractivity contribution in [1.29, 1.82) is 0 Å². The number of Topliss-reactive ketones (excluding diaryl/α,β-unsaturated/α-hetero) is 1. The van der Waals surface area contributed by atoms with E-state index in [0.717, 1.165) is 16.8 Å². The molecule has 0 saturated carbocycles. The van der Waals surface area contributed by atoms with Gasteiger partial charge in [-0.25, -0.2) is 4.98 Å². The number of nitrogens with one attached hydrogen (secondary N) is 1. The van der Waals surface area contributed by atoms with Gasteiger partial charge in [-0.1, -0.05) is 0 Å². The highest BCUT2D eigenvalue weighted by molar-refractivity contribution is 5.84. The van der Waals surface area contributed by atoms with Crippen LogP contribution in [0.25, 0.3) is 11.0 Å². The molecule has 1 aromatic carbocycles. The highest BCUT2D eigenvalue weighted by Crippen LogP contribution is 2.22. The maximum atomic E-state index is 11.3. The van der Waals surface area contributed by atoms with Gasteiger partial charge in [-0.15, -0.1) is 0 Å². The fourth-order valence-corrected chi connectivity index (χ4v) is 1.53. The number of hydrogen-bond acceptors (Lipinski definition) is 3. The lowest BCUT2D eigenvalue weighted by Crippen LogP contribution is -2.05. The van der Waals surface area contributed by atoms with E-state index in [0.29, 0.717) is 5.82 Å². The Labute approximate surface area is 93.6 Å². The fourth-order valence-electron chi connectivity index (χ4n) is 1.53. The lowest BCUT2D eigenvalue weighted by molar-refractivity contribution is -0.118. The molecule has 1 unspecified atom stereocenters. The number of benzene rings is 1. The van der Waals surface area contributed by atoms with E-state index in [1.165, 1.54) is 0 Å². The SMILES string of the molecule is COc1ccc2nc(C(C)C(C)=O)[nH]c2c1. The van der Waals surface area contributed by atoms with E-state index >= 15 is 0 Å². The second-order valence-electron chi connectivity index (χ2n) is 3.84. The molecule has 2 rings (SSSR count). The van der Waals surface area contributed by atoms with Crippen LogP contribution in [0.2, 0.25) is 0 Å². The summed E-state index contributed by atoms with van der Waals surface area (Å²) in [5.74, 6) is 1.39. The monoisotopic (exact) mass is 218 g/mol. The van der Waals surface area contributed by atoms with E-state index in [1.807, 2.05) is 25.1 Å². The van der Waals surface area contributed by atoms with Crippen LogP contribution in [0.15, 0.2) is 18.2 Å².